The highest BCUT2D eigenvalue weighted by molar-refractivity contribution is 5.78. The van der Waals surface area contributed by atoms with Crippen LogP contribution < -0.4 is 5.32 Å². The third-order valence-corrected chi connectivity index (χ3v) is 2.21. The van der Waals surface area contributed by atoms with Gasteiger partial charge in [0.2, 0.25) is 5.91 Å². The predicted molar refractivity (Wildman–Crippen MR) is 55.1 cm³/mol. The summed E-state index contributed by atoms with van der Waals surface area (Å²) in [6.07, 6.45) is 6.69. The maximum atomic E-state index is 11.4. The summed E-state index contributed by atoms with van der Waals surface area (Å²) in [7, 11) is 0. The molecule has 1 unspecified atom stereocenters. The van der Waals surface area contributed by atoms with E-state index in [9.17, 15) is 4.79 Å². The molecule has 1 N–H and O–H groups in total. The van der Waals surface area contributed by atoms with Gasteiger partial charge in [-0.1, -0.05) is 20.8 Å². The first-order valence-electron chi connectivity index (χ1n) is 4.80. The van der Waals surface area contributed by atoms with Gasteiger partial charge in [-0.25, -0.2) is 0 Å². The fourth-order valence-corrected chi connectivity index (χ4v) is 0.866. The number of carbonyl (C=O) groups is 1. The smallest absolute Gasteiger partial charge is 0.223 e. The molecule has 2 heteroatoms. The molecular weight excluding hydrogens is 162 g/mol. The molecule has 0 aliphatic carbocycles. The molecule has 1 atom stereocenters. The van der Waals surface area contributed by atoms with Gasteiger partial charge in [0.15, 0.2) is 0 Å². The van der Waals surface area contributed by atoms with Gasteiger partial charge in [0.1, 0.15) is 0 Å². The predicted octanol–water partition coefficient (Wildman–Crippen LogP) is 1.81. The second-order valence-electron chi connectivity index (χ2n) is 3.63. The van der Waals surface area contributed by atoms with E-state index in [0.29, 0.717) is 12.5 Å². The zero-order valence-electron chi connectivity index (χ0n) is 8.76. The molecule has 0 saturated carbocycles. The van der Waals surface area contributed by atoms with Crippen molar-refractivity contribution in [3.63, 3.8) is 0 Å². The first kappa shape index (κ1) is 12.0. The van der Waals surface area contributed by atoms with Crippen LogP contribution >= 0.6 is 0 Å². The van der Waals surface area contributed by atoms with E-state index in [0.717, 1.165) is 12.8 Å². The number of nitrogens with one attached hydrogen (secondary N) is 1. The minimum absolute atomic E-state index is 0.0887. The molecule has 0 aromatic carbocycles. The molecule has 0 spiro atoms. The minimum atomic E-state index is 0.0887. The standard InChI is InChI=1S/C11H19NO/c1-5-6-7-8-12-11(13)10(4)9(2)3/h1,9-10H,6-8H2,2-4H3,(H,12,13). The summed E-state index contributed by atoms with van der Waals surface area (Å²) in [5, 5.41) is 2.86. The van der Waals surface area contributed by atoms with Crippen LogP contribution in [0.4, 0.5) is 0 Å². The van der Waals surface area contributed by atoms with Crippen LogP contribution in [0.3, 0.4) is 0 Å². The number of hydrogen-bond acceptors (Lipinski definition) is 1. The van der Waals surface area contributed by atoms with Crippen LogP contribution in [-0.2, 0) is 4.79 Å². The molecule has 0 rings (SSSR count). The van der Waals surface area contributed by atoms with Crippen LogP contribution in [0.5, 0.6) is 0 Å². The van der Waals surface area contributed by atoms with Gasteiger partial charge >= 0.3 is 0 Å². The molecule has 0 saturated heterocycles. The van der Waals surface area contributed by atoms with Crippen LogP contribution in [0, 0.1) is 24.2 Å². The Morgan fingerprint density at radius 3 is 2.54 bits per heavy atom. The first-order chi connectivity index (χ1) is 6.09. The van der Waals surface area contributed by atoms with Crippen LogP contribution in [0.2, 0.25) is 0 Å². The van der Waals surface area contributed by atoms with Crippen LogP contribution in [0.15, 0.2) is 0 Å². The highest BCUT2D eigenvalue weighted by atomic mass is 16.1. The van der Waals surface area contributed by atoms with Gasteiger partial charge in [-0.3, -0.25) is 4.79 Å². The molecule has 0 fully saturated rings. The lowest BCUT2D eigenvalue weighted by Crippen LogP contribution is -2.32. The fraction of sp³-hybridized carbons (Fsp3) is 0.727. The van der Waals surface area contributed by atoms with Crippen molar-refractivity contribution in [3.8, 4) is 12.3 Å². The Morgan fingerprint density at radius 2 is 2.08 bits per heavy atom. The van der Waals surface area contributed by atoms with Gasteiger partial charge < -0.3 is 5.32 Å². The van der Waals surface area contributed by atoms with Crippen LogP contribution in [-0.4, -0.2) is 12.5 Å². The van der Waals surface area contributed by atoms with Gasteiger partial charge in [0, 0.05) is 18.9 Å². The lowest BCUT2D eigenvalue weighted by Gasteiger charge is -2.14. The molecule has 0 heterocycles. The summed E-state index contributed by atoms with van der Waals surface area (Å²) in [4.78, 5) is 11.4. The van der Waals surface area contributed by atoms with Crippen molar-refractivity contribution in [3.05, 3.63) is 0 Å². The molecule has 0 aliphatic rings. The SMILES string of the molecule is C#CCCCNC(=O)C(C)C(C)C. The molecule has 2 nitrogen and oxygen atoms in total. The van der Waals surface area contributed by atoms with Crippen molar-refractivity contribution < 1.29 is 4.79 Å². The maximum absolute atomic E-state index is 11.4. The largest absolute Gasteiger partial charge is 0.356 e. The normalized spacial score (nSPS) is 12.2. The van der Waals surface area contributed by atoms with E-state index in [4.69, 9.17) is 6.42 Å². The van der Waals surface area contributed by atoms with Gasteiger partial charge in [-0.2, -0.15) is 0 Å². The average molecular weight is 181 g/mol. The Morgan fingerprint density at radius 1 is 1.46 bits per heavy atom. The monoisotopic (exact) mass is 181 g/mol. The molecule has 1 amide bonds. The molecular formula is C11H19NO. The van der Waals surface area contributed by atoms with E-state index in [2.05, 4.69) is 11.2 Å². The molecule has 74 valence electrons. The second-order valence-corrected chi connectivity index (χ2v) is 3.63. The summed E-state index contributed by atoms with van der Waals surface area (Å²) >= 11 is 0. The van der Waals surface area contributed by atoms with Gasteiger partial charge in [0.05, 0.1) is 0 Å². The maximum Gasteiger partial charge on any atom is 0.223 e. The summed E-state index contributed by atoms with van der Waals surface area (Å²) in [6, 6.07) is 0. The number of hydrogen-bond donors (Lipinski definition) is 1. The highest BCUT2D eigenvalue weighted by Gasteiger charge is 2.15. The van der Waals surface area contributed by atoms with Crippen molar-refractivity contribution in [1.29, 1.82) is 0 Å². The third kappa shape index (κ3) is 5.30. The highest BCUT2D eigenvalue weighted by Crippen LogP contribution is 2.08. The van der Waals surface area contributed by atoms with E-state index < -0.39 is 0 Å². The fourth-order valence-electron chi connectivity index (χ4n) is 0.866. The molecule has 0 aromatic rings. The number of carbonyl (C=O) groups excluding carboxylic acids is 1. The number of terminal acetylenes is 1. The van der Waals surface area contributed by atoms with Crippen LogP contribution in [0.1, 0.15) is 33.6 Å². The van der Waals surface area contributed by atoms with E-state index in [1.165, 1.54) is 0 Å². The minimum Gasteiger partial charge on any atom is -0.356 e. The quantitative estimate of drug-likeness (QED) is 0.508. The Kier molecular flexibility index (Phi) is 6.05. The lowest BCUT2D eigenvalue weighted by atomic mass is 9.97. The lowest BCUT2D eigenvalue weighted by molar-refractivity contribution is -0.125. The Labute approximate surface area is 81.1 Å². The summed E-state index contributed by atoms with van der Waals surface area (Å²) in [5.74, 6) is 3.16. The number of unbranched alkanes of at least 4 members (excludes halogenated alkanes) is 1. The average Bonchev–Trinajstić information content (AvgIpc) is 2.10. The zero-order valence-corrected chi connectivity index (χ0v) is 8.76. The van der Waals surface area contributed by atoms with Crippen LogP contribution in [0.25, 0.3) is 0 Å². The van der Waals surface area contributed by atoms with Gasteiger partial charge in [-0.15, -0.1) is 12.3 Å². The molecule has 0 radical (unpaired) electrons. The van der Waals surface area contributed by atoms with Gasteiger partial charge in [0.25, 0.3) is 0 Å². The Bertz CT molecular complexity index is 191. The van der Waals surface area contributed by atoms with E-state index in [1.54, 1.807) is 0 Å². The van der Waals surface area contributed by atoms with E-state index in [-0.39, 0.29) is 11.8 Å². The van der Waals surface area contributed by atoms with Crippen molar-refractivity contribution in [1.82, 2.24) is 5.32 Å². The first-order valence-corrected chi connectivity index (χ1v) is 4.80. The summed E-state index contributed by atoms with van der Waals surface area (Å²) < 4.78 is 0. The van der Waals surface area contributed by atoms with Crippen molar-refractivity contribution in [2.75, 3.05) is 6.54 Å². The second kappa shape index (κ2) is 6.54. The Hall–Kier alpha value is -0.970. The zero-order chi connectivity index (χ0) is 10.3. The third-order valence-electron chi connectivity index (χ3n) is 2.21. The van der Waals surface area contributed by atoms with Crippen molar-refractivity contribution in [2.45, 2.75) is 33.6 Å². The number of amides is 1. The molecule has 13 heavy (non-hydrogen) atoms. The summed E-state index contributed by atoms with van der Waals surface area (Å²) in [6.45, 7) is 6.73. The van der Waals surface area contributed by atoms with Crippen molar-refractivity contribution in [2.24, 2.45) is 11.8 Å². The molecule has 0 aliphatic heterocycles. The summed E-state index contributed by atoms with van der Waals surface area (Å²) in [5.41, 5.74) is 0. The Balaban J connectivity index is 3.57. The molecule has 0 aromatic heterocycles. The van der Waals surface area contributed by atoms with Gasteiger partial charge in [-0.05, 0) is 12.3 Å². The van der Waals surface area contributed by atoms with E-state index >= 15 is 0 Å². The van der Waals surface area contributed by atoms with E-state index in [1.807, 2.05) is 20.8 Å². The van der Waals surface area contributed by atoms with Crippen molar-refractivity contribution >= 4 is 5.91 Å². The topological polar surface area (TPSA) is 29.1 Å². The molecule has 0 bridgehead atoms. The number of rotatable bonds is 5.